The third-order valence-electron chi connectivity index (χ3n) is 5.26. The molecule has 0 saturated carbocycles. The molecule has 1 N–H and O–H groups in total. The molecule has 0 amide bonds. The van der Waals surface area contributed by atoms with Crippen molar-refractivity contribution in [3.8, 4) is 0 Å². The SMILES string of the molecule is CC1CC2(CCOCC2)N(O)C12CCOCC2. The van der Waals surface area contributed by atoms with E-state index < -0.39 is 0 Å². The Morgan fingerprint density at radius 3 is 2.12 bits per heavy atom. The van der Waals surface area contributed by atoms with Gasteiger partial charge < -0.3 is 14.7 Å². The summed E-state index contributed by atoms with van der Waals surface area (Å²) in [6, 6.07) is 0. The maximum Gasteiger partial charge on any atom is 0.0536 e. The summed E-state index contributed by atoms with van der Waals surface area (Å²) in [4.78, 5) is 0. The van der Waals surface area contributed by atoms with E-state index >= 15 is 0 Å². The lowest BCUT2D eigenvalue weighted by atomic mass is 9.79. The summed E-state index contributed by atoms with van der Waals surface area (Å²) in [5.41, 5.74) is -0.0510. The number of hydrogen-bond donors (Lipinski definition) is 1. The molecule has 0 aromatic rings. The molecule has 4 heteroatoms. The predicted molar refractivity (Wildman–Crippen MR) is 63.0 cm³/mol. The Balaban J connectivity index is 1.86. The van der Waals surface area contributed by atoms with Gasteiger partial charge in [-0.1, -0.05) is 6.92 Å². The molecule has 98 valence electrons. The monoisotopic (exact) mass is 241 g/mol. The molecule has 3 heterocycles. The number of hydroxylamine groups is 2. The van der Waals surface area contributed by atoms with Crippen molar-refractivity contribution in [2.75, 3.05) is 26.4 Å². The Kier molecular flexibility index (Phi) is 2.94. The van der Waals surface area contributed by atoms with E-state index in [0.717, 1.165) is 58.5 Å². The normalized spacial score (nSPS) is 36.7. The Labute approximate surface area is 103 Å². The quantitative estimate of drug-likeness (QED) is 0.702. The lowest BCUT2D eigenvalue weighted by Crippen LogP contribution is -2.57. The van der Waals surface area contributed by atoms with E-state index in [-0.39, 0.29) is 11.1 Å². The molecule has 3 saturated heterocycles. The van der Waals surface area contributed by atoms with Gasteiger partial charge in [0.15, 0.2) is 0 Å². The third kappa shape index (κ3) is 1.65. The van der Waals surface area contributed by atoms with E-state index in [9.17, 15) is 5.21 Å². The molecule has 4 nitrogen and oxygen atoms in total. The van der Waals surface area contributed by atoms with Gasteiger partial charge in [-0.15, -0.1) is 0 Å². The molecule has 1 unspecified atom stereocenters. The van der Waals surface area contributed by atoms with Crippen LogP contribution in [0.2, 0.25) is 0 Å². The summed E-state index contributed by atoms with van der Waals surface area (Å²) in [6.07, 6.45) is 4.97. The van der Waals surface area contributed by atoms with Crippen molar-refractivity contribution in [3.63, 3.8) is 0 Å². The van der Waals surface area contributed by atoms with Gasteiger partial charge in [0.05, 0.1) is 11.1 Å². The van der Waals surface area contributed by atoms with Crippen LogP contribution in [0.3, 0.4) is 0 Å². The minimum atomic E-state index is -0.0322. The highest BCUT2D eigenvalue weighted by atomic mass is 16.5. The maximum absolute atomic E-state index is 10.8. The van der Waals surface area contributed by atoms with Gasteiger partial charge in [-0.2, -0.15) is 5.06 Å². The molecular formula is C13H23NO3. The standard InChI is InChI=1S/C13H23NO3/c1-11-10-12(2-6-16-7-3-12)14(15)13(11)4-8-17-9-5-13/h11,15H,2-10H2,1H3. The zero-order chi connectivity index (χ0) is 11.9. The van der Waals surface area contributed by atoms with E-state index in [1.807, 2.05) is 0 Å². The fourth-order valence-corrected chi connectivity index (χ4v) is 4.12. The summed E-state index contributed by atoms with van der Waals surface area (Å²) in [5.74, 6) is 0.550. The van der Waals surface area contributed by atoms with Gasteiger partial charge >= 0.3 is 0 Å². The van der Waals surface area contributed by atoms with Crippen molar-refractivity contribution < 1.29 is 14.7 Å². The van der Waals surface area contributed by atoms with Crippen LogP contribution in [0.25, 0.3) is 0 Å². The van der Waals surface area contributed by atoms with E-state index in [1.54, 1.807) is 5.06 Å². The first kappa shape index (κ1) is 11.9. The zero-order valence-electron chi connectivity index (χ0n) is 10.7. The van der Waals surface area contributed by atoms with Gasteiger partial charge in [0, 0.05) is 26.4 Å². The van der Waals surface area contributed by atoms with Gasteiger partial charge in [0.25, 0.3) is 0 Å². The number of rotatable bonds is 0. The Morgan fingerprint density at radius 1 is 1.00 bits per heavy atom. The second-order valence-corrected chi connectivity index (χ2v) is 5.97. The van der Waals surface area contributed by atoms with E-state index in [0.29, 0.717) is 5.92 Å². The predicted octanol–water partition coefficient (Wildman–Crippen LogP) is 1.82. The van der Waals surface area contributed by atoms with Crippen LogP contribution < -0.4 is 0 Å². The molecule has 3 fully saturated rings. The van der Waals surface area contributed by atoms with Crippen LogP contribution in [0.4, 0.5) is 0 Å². The Hall–Kier alpha value is -0.160. The van der Waals surface area contributed by atoms with Crippen LogP contribution in [0.1, 0.15) is 39.0 Å². The van der Waals surface area contributed by atoms with E-state index in [1.165, 1.54) is 0 Å². The summed E-state index contributed by atoms with van der Waals surface area (Å²) < 4.78 is 10.9. The smallest absolute Gasteiger partial charge is 0.0536 e. The summed E-state index contributed by atoms with van der Waals surface area (Å²) in [6.45, 7) is 5.44. The van der Waals surface area contributed by atoms with Crippen LogP contribution in [0.15, 0.2) is 0 Å². The van der Waals surface area contributed by atoms with Crippen molar-refractivity contribution in [2.24, 2.45) is 5.92 Å². The average Bonchev–Trinajstić information content (AvgIpc) is 2.55. The molecule has 3 aliphatic heterocycles. The topological polar surface area (TPSA) is 41.9 Å². The fourth-order valence-electron chi connectivity index (χ4n) is 4.12. The van der Waals surface area contributed by atoms with Crippen molar-refractivity contribution in [3.05, 3.63) is 0 Å². The first-order chi connectivity index (χ1) is 8.20. The molecule has 3 rings (SSSR count). The van der Waals surface area contributed by atoms with Crippen LogP contribution in [-0.4, -0.2) is 47.8 Å². The second kappa shape index (κ2) is 4.19. The molecule has 0 aromatic heterocycles. The van der Waals surface area contributed by atoms with Gasteiger partial charge in [-0.25, -0.2) is 0 Å². The van der Waals surface area contributed by atoms with E-state index in [4.69, 9.17) is 9.47 Å². The molecule has 0 aliphatic carbocycles. The van der Waals surface area contributed by atoms with Gasteiger partial charge in [0.1, 0.15) is 0 Å². The van der Waals surface area contributed by atoms with Gasteiger partial charge in [-0.3, -0.25) is 0 Å². The van der Waals surface area contributed by atoms with Crippen LogP contribution in [0, 0.1) is 5.92 Å². The van der Waals surface area contributed by atoms with Crippen LogP contribution >= 0.6 is 0 Å². The zero-order valence-corrected chi connectivity index (χ0v) is 10.7. The fraction of sp³-hybridized carbons (Fsp3) is 1.00. The minimum absolute atomic E-state index is 0.0188. The first-order valence-electron chi connectivity index (χ1n) is 6.84. The van der Waals surface area contributed by atoms with Crippen LogP contribution in [-0.2, 0) is 9.47 Å². The van der Waals surface area contributed by atoms with Crippen LogP contribution in [0.5, 0.6) is 0 Å². The van der Waals surface area contributed by atoms with Crippen molar-refractivity contribution in [1.82, 2.24) is 5.06 Å². The Bertz CT molecular complexity index is 282. The molecular weight excluding hydrogens is 218 g/mol. The lowest BCUT2D eigenvalue weighted by Gasteiger charge is -2.46. The van der Waals surface area contributed by atoms with E-state index in [2.05, 4.69) is 6.92 Å². The minimum Gasteiger partial charge on any atom is -0.381 e. The molecule has 0 aromatic carbocycles. The number of hydrogen-bond acceptors (Lipinski definition) is 4. The summed E-state index contributed by atoms with van der Waals surface area (Å²) in [7, 11) is 0. The number of nitrogens with zero attached hydrogens (tertiary/aromatic N) is 1. The summed E-state index contributed by atoms with van der Waals surface area (Å²) >= 11 is 0. The highest BCUT2D eigenvalue weighted by Gasteiger charge is 2.59. The summed E-state index contributed by atoms with van der Waals surface area (Å²) in [5, 5.41) is 12.5. The largest absolute Gasteiger partial charge is 0.381 e. The van der Waals surface area contributed by atoms with Crippen molar-refractivity contribution in [1.29, 1.82) is 0 Å². The molecule has 17 heavy (non-hydrogen) atoms. The third-order valence-corrected chi connectivity index (χ3v) is 5.26. The Morgan fingerprint density at radius 2 is 1.53 bits per heavy atom. The molecule has 0 radical (unpaired) electrons. The average molecular weight is 241 g/mol. The number of ether oxygens (including phenoxy) is 2. The highest BCUT2D eigenvalue weighted by Crippen LogP contribution is 2.52. The molecule has 3 aliphatic rings. The first-order valence-corrected chi connectivity index (χ1v) is 6.84. The van der Waals surface area contributed by atoms with Gasteiger partial charge in [-0.05, 0) is 38.0 Å². The maximum atomic E-state index is 10.8. The van der Waals surface area contributed by atoms with Gasteiger partial charge in [0.2, 0.25) is 0 Å². The molecule has 2 spiro atoms. The lowest BCUT2D eigenvalue weighted by molar-refractivity contribution is -0.247. The molecule has 1 atom stereocenters. The second-order valence-electron chi connectivity index (χ2n) is 5.97. The van der Waals surface area contributed by atoms with Crippen molar-refractivity contribution in [2.45, 2.75) is 50.1 Å². The van der Waals surface area contributed by atoms with Crippen molar-refractivity contribution >= 4 is 0 Å². The highest BCUT2D eigenvalue weighted by molar-refractivity contribution is 5.09. The molecule has 0 bridgehead atoms.